The van der Waals surface area contributed by atoms with Crippen molar-refractivity contribution in [1.29, 1.82) is 0 Å². The Morgan fingerprint density at radius 1 is 1.15 bits per heavy atom. The Kier molecular flexibility index (Phi) is 5.05. The van der Waals surface area contributed by atoms with Crippen molar-refractivity contribution in [3.63, 3.8) is 0 Å². The lowest BCUT2D eigenvalue weighted by Crippen LogP contribution is -2.43. The molecule has 0 spiro atoms. The summed E-state index contributed by atoms with van der Waals surface area (Å²) in [5.74, 6) is -9.33. The van der Waals surface area contributed by atoms with Gasteiger partial charge < -0.3 is 10.0 Å². The average molecular weight is 377 g/mol. The van der Waals surface area contributed by atoms with Crippen LogP contribution < -0.4 is 0 Å². The average Bonchev–Trinajstić information content (AvgIpc) is 3.07. The van der Waals surface area contributed by atoms with Crippen molar-refractivity contribution >= 4 is 29.7 Å². The Morgan fingerprint density at radius 3 is 2.19 bits per heavy atom. The van der Waals surface area contributed by atoms with Gasteiger partial charge in [0.25, 0.3) is 0 Å². The number of hydrogen-bond donors (Lipinski definition) is 1. The lowest BCUT2D eigenvalue weighted by Gasteiger charge is -2.20. The van der Waals surface area contributed by atoms with Crippen molar-refractivity contribution in [2.75, 3.05) is 26.2 Å². The zero-order valence-electron chi connectivity index (χ0n) is 13.2. The highest BCUT2D eigenvalue weighted by molar-refractivity contribution is 6.45. The van der Waals surface area contributed by atoms with Crippen LogP contribution >= 0.6 is 0 Å². The van der Waals surface area contributed by atoms with Gasteiger partial charge in [-0.2, -0.15) is 13.2 Å². The first-order chi connectivity index (χ1) is 12.0. The van der Waals surface area contributed by atoms with E-state index in [1.54, 1.807) is 0 Å². The summed E-state index contributed by atoms with van der Waals surface area (Å²) in [5, 5.41) is 8.93. The topological polar surface area (TPSA) is 115 Å². The summed E-state index contributed by atoms with van der Waals surface area (Å²) >= 11 is 0. The third-order valence-corrected chi connectivity index (χ3v) is 4.15. The van der Waals surface area contributed by atoms with Crippen LogP contribution in [-0.2, 0) is 19.2 Å². The molecule has 0 unspecified atom stereocenters. The van der Waals surface area contributed by atoms with Crippen LogP contribution in [0.3, 0.4) is 0 Å². The molecule has 2 saturated heterocycles. The van der Waals surface area contributed by atoms with Crippen molar-refractivity contribution in [3.05, 3.63) is 12.7 Å². The molecule has 0 aromatic rings. The van der Waals surface area contributed by atoms with Crippen LogP contribution in [0.1, 0.15) is 0 Å². The molecule has 0 bridgehead atoms. The Balaban J connectivity index is 2.12. The number of halogens is 3. The first-order valence-corrected chi connectivity index (χ1v) is 7.34. The monoisotopic (exact) mass is 377 g/mol. The fraction of sp³-hybridized carbons (Fsp3) is 0.500. The number of aliphatic carboxylic acids is 1. The number of carboxylic acids is 1. The minimum Gasteiger partial charge on any atom is -0.481 e. The van der Waals surface area contributed by atoms with Gasteiger partial charge in [0.2, 0.25) is 5.91 Å². The smallest absolute Gasteiger partial charge is 0.394 e. The van der Waals surface area contributed by atoms with Crippen LogP contribution in [0.5, 0.6) is 0 Å². The molecular formula is C14H14F3N3O6. The van der Waals surface area contributed by atoms with E-state index in [9.17, 15) is 37.1 Å². The van der Waals surface area contributed by atoms with Gasteiger partial charge >= 0.3 is 30.0 Å². The predicted octanol–water partition coefficient (Wildman–Crippen LogP) is -0.315. The fourth-order valence-electron chi connectivity index (χ4n) is 2.80. The number of hydrogen-bond acceptors (Lipinski definition) is 5. The van der Waals surface area contributed by atoms with E-state index in [-0.39, 0.29) is 6.54 Å². The van der Waals surface area contributed by atoms with Crippen LogP contribution in [0.2, 0.25) is 0 Å². The van der Waals surface area contributed by atoms with Crippen molar-refractivity contribution in [2.45, 2.75) is 6.18 Å². The molecule has 2 aliphatic rings. The number of carboxylic acid groups (broad SMARTS) is 1. The van der Waals surface area contributed by atoms with E-state index in [1.165, 1.54) is 6.08 Å². The summed E-state index contributed by atoms with van der Waals surface area (Å²) in [6, 6.07) is -1.09. The van der Waals surface area contributed by atoms with E-state index in [0.717, 1.165) is 0 Å². The van der Waals surface area contributed by atoms with E-state index in [2.05, 4.69) is 6.58 Å². The highest BCUT2D eigenvalue weighted by Gasteiger charge is 2.54. The highest BCUT2D eigenvalue weighted by atomic mass is 19.4. The Hall–Kier alpha value is -2.92. The van der Waals surface area contributed by atoms with Crippen LogP contribution in [0.25, 0.3) is 0 Å². The number of nitrogens with zero attached hydrogens (tertiary/aromatic N) is 3. The second-order valence-electron chi connectivity index (χ2n) is 5.77. The number of amides is 5. The predicted molar refractivity (Wildman–Crippen MR) is 76.3 cm³/mol. The maximum absolute atomic E-state index is 12.9. The van der Waals surface area contributed by atoms with E-state index in [0.29, 0.717) is 14.7 Å². The summed E-state index contributed by atoms with van der Waals surface area (Å²) < 4.78 is 38.8. The van der Waals surface area contributed by atoms with Gasteiger partial charge in [-0.15, -0.1) is 6.58 Å². The maximum Gasteiger partial charge on any atom is 0.394 e. The van der Waals surface area contributed by atoms with Crippen molar-refractivity contribution in [2.24, 2.45) is 11.8 Å². The summed E-state index contributed by atoms with van der Waals surface area (Å²) in [7, 11) is 0. The second kappa shape index (κ2) is 6.77. The molecule has 2 fully saturated rings. The first-order valence-electron chi connectivity index (χ1n) is 7.34. The minimum atomic E-state index is -4.83. The zero-order valence-corrected chi connectivity index (χ0v) is 13.2. The normalized spacial score (nSPS) is 23.8. The maximum atomic E-state index is 12.9. The molecule has 2 aliphatic heterocycles. The molecule has 26 heavy (non-hydrogen) atoms. The van der Waals surface area contributed by atoms with Crippen LogP contribution in [0.15, 0.2) is 12.7 Å². The standard InChI is InChI=1S/C14H14F3N3O6/c1-2-3-19-10(22)11(23)20(13(19)26)6-9(21)18-4-7(12(24)25)8(5-18)14(15,16)17/h2,7-8H,1,3-6H2,(H,24,25)/t7-,8-/m1/s1. The Labute approximate surface area is 144 Å². The van der Waals surface area contributed by atoms with Crippen LogP contribution in [0, 0.1) is 11.8 Å². The Bertz CT molecular complexity index is 692. The number of imide groups is 2. The molecule has 2 rings (SSSR count). The van der Waals surface area contributed by atoms with Gasteiger partial charge in [-0.25, -0.2) is 9.69 Å². The lowest BCUT2D eigenvalue weighted by molar-refractivity contribution is -0.188. The largest absolute Gasteiger partial charge is 0.481 e. The molecule has 12 heteroatoms. The molecule has 2 atom stereocenters. The minimum absolute atomic E-state index is 0.269. The molecule has 0 aromatic heterocycles. The van der Waals surface area contributed by atoms with Crippen molar-refractivity contribution in [3.8, 4) is 0 Å². The van der Waals surface area contributed by atoms with Gasteiger partial charge in [0, 0.05) is 19.6 Å². The third kappa shape index (κ3) is 3.39. The molecule has 0 aliphatic carbocycles. The summed E-state index contributed by atoms with van der Waals surface area (Å²) in [4.78, 5) is 60.1. The van der Waals surface area contributed by atoms with Gasteiger partial charge in [0.1, 0.15) is 6.54 Å². The SMILES string of the molecule is C=CCN1C(=O)C(=O)N(CC(=O)N2C[C@@H](C(F)(F)F)[C@H](C(=O)O)C2)C1=O. The van der Waals surface area contributed by atoms with Crippen molar-refractivity contribution < 1.29 is 42.3 Å². The number of rotatable bonds is 5. The second-order valence-corrected chi connectivity index (χ2v) is 5.77. The van der Waals surface area contributed by atoms with Gasteiger partial charge in [-0.05, 0) is 0 Å². The van der Waals surface area contributed by atoms with Crippen LogP contribution in [-0.4, -0.2) is 81.9 Å². The van der Waals surface area contributed by atoms with Gasteiger partial charge in [-0.3, -0.25) is 24.1 Å². The van der Waals surface area contributed by atoms with E-state index in [1.807, 2.05) is 0 Å². The number of likely N-dealkylation sites (tertiary alicyclic amines) is 1. The quantitative estimate of drug-likeness (QED) is 0.399. The lowest BCUT2D eigenvalue weighted by atomic mass is 9.96. The molecular weight excluding hydrogens is 363 g/mol. The van der Waals surface area contributed by atoms with Gasteiger partial charge in [0.05, 0.1) is 11.8 Å². The van der Waals surface area contributed by atoms with E-state index < -0.39 is 67.4 Å². The van der Waals surface area contributed by atoms with Gasteiger partial charge in [0.15, 0.2) is 0 Å². The molecule has 0 aromatic carbocycles. The molecule has 1 N–H and O–H groups in total. The summed E-state index contributed by atoms with van der Waals surface area (Å²) in [5.41, 5.74) is 0. The highest BCUT2D eigenvalue weighted by Crippen LogP contribution is 2.37. The molecule has 0 radical (unpaired) electrons. The zero-order chi connectivity index (χ0) is 19.8. The number of carbonyl (C=O) groups is 5. The van der Waals surface area contributed by atoms with E-state index >= 15 is 0 Å². The number of carbonyl (C=O) groups excluding carboxylic acids is 4. The number of urea groups is 1. The van der Waals surface area contributed by atoms with Crippen LogP contribution in [0.4, 0.5) is 18.0 Å². The summed E-state index contributed by atoms with van der Waals surface area (Å²) in [6.07, 6.45) is -3.64. The summed E-state index contributed by atoms with van der Waals surface area (Å²) in [6.45, 7) is 0.478. The third-order valence-electron chi connectivity index (χ3n) is 4.15. The molecule has 0 saturated carbocycles. The molecule has 9 nitrogen and oxygen atoms in total. The molecule has 142 valence electrons. The fourth-order valence-corrected chi connectivity index (χ4v) is 2.80. The Morgan fingerprint density at radius 2 is 1.73 bits per heavy atom. The molecule has 2 heterocycles. The van der Waals surface area contributed by atoms with E-state index in [4.69, 9.17) is 5.11 Å². The first kappa shape index (κ1) is 19.4. The van der Waals surface area contributed by atoms with Crippen molar-refractivity contribution in [1.82, 2.24) is 14.7 Å². The molecule has 5 amide bonds. The number of alkyl halides is 3. The van der Waals surface area contributed by atoms with Gasteiger partial charge in [-0.1, -0.05) is 6.08 Å².